The van der Waals surface area contributed by atoms with E-state index in [9.17, 15) is 19.5 Å². The smallest absolute Gasteiger partial charge is 0.361 e. The quantitative estimate of drug-likeness (QED) is 0.0217. The second-order valence-electron chi connectivity index (χ2n) is 16.0. The van der Waals surface area contributed by atoms with Crippen LogP contribution in [0.15, 0.2) is 12.2 Å². The first-order valence-corrected chi connectivity index (χ1v) is 21.9. The molecule has 312 valence electrons. The molecule has 0 aliphatic heterocycles. The number of nitrogens with zero attached hydrogens (tertiary/aromatic N) is 1. The molecule has 0 saturated heterocycles. The number of carboxylic acid groups (broad SMARTS) is 1. The average molecular weight is 755 g/mol. The molecule has 1 N–H and O–H groups in total. The van der Waals surface area contributed by atoms with E-state index in [-0.39, 0.29) is 32.2 Å². The van der Waals surface area contributed by atoms with E-state index in [0.717, 1.165) is 51.4 Å². The summed E-state index contributed by atoms with van der Waals surface area (Å²) in [5, 5.41) is 9.61. The summed E-state index contributed by atoms with van der Waals surface area (Å²) in [5.74, 6) is -2.00. The number of carbonyl (C=O) groups excluding carboxylic acids is 2. The minimum atomic E-state index is -1.50. The Morgan fingerprint density at radius 1 is 0.547 bits per heavy atom. The minimum Gasteiger partial charge on any atom is -0.477 e. The van der Waals surface area contributed by atoms with E-state index in [0.29, 0.717) is 17.4 Å². The van der Waals surface area contributed by atoms with E-state index < -0.39 is 24.3 Å². The topological polar surface area (TPSA) is 108 Å². The average Bonchev–Trinajstić information content (AvgIpc) is 3.11. The van der Waals surface area contributed by atoms with Crippen LogP contribution in [0.4, 0.5) is 0 Å². The summed E-state index contributed by atoms with van der Waals surface area (Å²) in [5.41, 5.74) is 0. The van der Waals surface area contributed by atoms with Gasteiger partial charge in [-0.1, -0.05) is 154 Å². The van der Waals surface area contributed by atoms with Crippen molar-refractivity contribution in [3.8, 4) is 0 Å². The van der Waals surface area contributed by atoms with Gasteiger partial charge in [0.25, 0.3) is 6.29 Å². The summed E-state index contributed by atoms with van der Waals surface area (Å²) in [6, 6.07) is 0. The number of hydrogen-bond acceptors (Lipinski definition) is 7. The molecule has 2 atom stereocenters. The Morgan fingerprint density at radius 3 is 1.40 bits per heavy atom. The number of carbonyl (C=O) groups is 3. The third-order valence-corrected chi connectivity index (χ3v) is 9.52. The van der Waals surface area contributed by atoms with Crippen LogP contribution in [0.3, 0.4) is 0 Å². The number of quaternary nitrogens is 1. The molecule has 0 aliphatic carbocycles. The lowest BCUT2D eigenvalue weighted by atomic mass is 10.1. The summed E-state index contributed by atoms with van der Waals surface area (Å²) in [6.45, 7) is 4.86. The van der Waals surface area contributed by atoms with Crippen molar-refractivity contribution < 1.29 is 42.9 Å². The number of unbranched alkanes of at least 4 members (excludes halogenated alkanes) is 23. The first kappa shape index (κ1) is 51.0. The van der Waals surface area contributed by atoms with Crippen LogP contribution in [0.25, 0.3) is 0 Å². The highest BCUT2D eigenvalue weighted by Crippen LogP contribution is 2.14. The van der Waals surface area contributed by atoms with Gasteiger partial charge in [0.2, 0.25) is 0 Å². The normalized spacial score (nSPS) is 13.0. The van der Waals surface area contributed by atoms with E-state index in [2.05, 4.69) is 26.0 Å². The fraction of sp³-hybridized carbons (Fsp3) is 0.886. The molecule has 0 radical (unpaired) electrons. The predicted molar refractivity (Wildman–Crippen MR) is 217 cm³/mol. The van der Waals surface area contributed by atoms with E-state index in [1.807, 2.05) is 21.1 Å². The molecule has 9 nitrogen and oxygen atoms in total. The van der Waals surface area contributed by atoms with Gasteiger partial charge in [-0.15, -0.1) is 0 Å². The van der Waals surface area contributed by atoms with Crippen molar-refractivity contribution >= 4 is 17.9 Å². The highest BCUT2D eigenvalue weighted by Gasteiger charge is 2.25. The molecule has 0 aromatic heterocycles. The van der Waals surface area contributed by atoms with Crippen molar-refractivity contribution in [1.29, 1.82) is 0 Å². The number of allylic oxidation sites excluding steroid dienone is 2. The number of ether oxygens (including phenoxy) is 4. The molecule has 2 unspecified atom stereocenters. The Hall–Kier alpha value is -1.97. The maximum atomic E-state index is 12.7. The number of aliphatic carboxylic acids is 1. The van der Waals surface area contributed by atoms with Crippen LogP contribution in [0, 0.1) is 0 Å². The van der Waals surface area contributed by atoms with Crippen LogP contribution >= 0.6 is 0 Å². The number of hydrogen-bond donors (Lipinski definition) is 1. The van der Waals surface area contributed by atoms with Crippen molar-refractivity contribution in [3.05, 3.63) is 12.2 Å². The Kier molecular flexibility index (Phi) is 35.6. The first-order valence-electron chi connectivity index (χ1n) is 21.9. The third kappa shape index (κ3) is 38.1. The molecule has 0 spiro atoms. The van der Waals surface area contributed by atoms with Crippen LogP contribution in [0.2, 0.25) is 0 Å². The SMILES string of the molecule is CCCCCCCC/C=C\CCCCCCCCCC(=O)OC(COC(=O)CCCCCCCCCCCCC)COC(OCC[N+](C)(C)C)C(=O)O. The highest BCUT2D eigenvalue weighted by atomic mass is 16.7. The Bertz CT molecular complexity index is 887. The molecule has 0 bridgehead atoms. The molecule has 0 saturated carbocycles. The zero-order valence-electron chi connectivity index (χ0n) is 35.2. The second-order valence-corrected chi connectivity index (χ2v) is 16.0. The largest absolute Gasteiger partial charge is 0.477 e. The molecule has 0 aromatic rings. The van der Waals surface area contributed by atoms with Gasteiger partial charge >= 0.3 is 17.9 Å². The molecule has 0 aliphatic rings. The molecule has 0 heterocycles. The molecule has 0 rings (SSSR count). The van der Waals surface area contributed by atoms with E-state index in [1.165, 1.54) is 116 Å². The Balaban J connectivity index is 4.43. The molecular weight excluding hydrogens is 670 g/mol. The third-order valence-electron chi connectivity index (χ3n) is 9.52. The summed E-state index contributed by atoms with van der Waals surface area (Å²) in [6.07, 6.45) is 34.1. The van der Waals surface area contributed by atoms with Crippen LogP contribution in [-0.4, -0.2) is 87.4 Å². The van der Waals surface area contributed by atoms with Crippen molar-refractivity contribution in [3.63, 3.8) is 0 Å². The molecule has 0 fully saturated rings. The van der Waals surface area contributed by atoms with Crippen LogP contribution < -0.4 is 0 Å². The Morgan fingerprint density at radius 2 is 0.962 bits per heavy atom. The van der Waals surface area contributed by atoms with Gasteiger partial charge in [-0.3, -0.25) is 9.59 Å². The zero-order chi connectivity index (χ0) is 39.3. The van der Waals surface area contributed by atoms with Crippen molar-refractivity contribution in [1.82, 2.24) is 0 Å². The van der Waals surface area contributed by atoms with Crippen LogP contribution in [0.5, 0.6) is 0 Å². The maximum Gasteiger partial charge on any atom is 0.361 e. The summed E-state index contributed by atoms with van der Waals surface area (Å²) in [4.78, 5) is 37.0. The standard InChI is InChI=1S/C44H83NO8/c1-6-8-10-12-14-16-18-19-20-21-22-23-25-27-29-31-33-35-42(47)53-40(39-52-44(43(48)49)50-37-36-45(3,4)5)38-51-41(46)34-32-30-28-26-24-17-15-13-11-9-7-2/h19-20,40,44H,6-18,21-39H2,1-5H3/p+1/b20-19-. The van der Waals surface area contributed by atoms with Gasteiger partial charge in [-0.2, -0.15) is 0 Å². The fourth-order valence-electron chi connectivity index (χ4n) is 6.07. The predicted octanol–water partition coefficient (Wildman–Crippen LogP) is 11.1. The number of esters is 2. The highest BCUT2D eigenvalue weighted by molar-refractivity contribution is 5.71. The lowest BCUT2D eigenvalue weighted by molar-refractivity contribution is -0.870. The van der Waals surface area contributed by atoms with Gasteiger partial charge in [0, 0.05) is 12.8 Å². The molecular formula is C44H84NO8+. The van der Waals surface area contributed by atoms with E-state index in [4.69, 9.17) is 18.9 Å². The number of rotatable bonds is 40. The number of likely N-dealkylation sites (N-methyl/N-ethyl adjacent to an activating group) is 1. The monoisotopic (exact) mass is 755 g/mol. The molecule has 0 amide bonds. The van der Waals surface area contributed by atoms with Gasteiger partial charge in [-0.05, 0) is 38.5 Å². The summed E-state index contributed by atoms with van der Waals surface area (Å²) >= 11 is 0. The zero-order valence-corrected chi connectivity index (χ0v) is 35.2. The lowest BCUT2D eigenvalue weighted by Crippen LogP contribution is -2.40. The van der Waals surface area contributed by atoms with Crippen molar-refractivity contribution in [2.75, 3.05) is 47.5 Å². The van der Waals surface area contributed by atoms with Gasteiger partial charge in [-0.25, -0.2) is 4.79 Å². The van der Waals surface area contributed by atoms with Crippen molar-refractivity contribution in [2.45, 2.75) is 206 Å². The maximum absolute atomic E-state index is 12.7. The van der Waals surface area contributed by atoms with Gasteiger partial charge in [0.05, 0.1) is 34.4 Å². The minimum absolute atomic E-state index is 0.179. The Labute approximate surface area is 325 Å². The van der Waals surface area contributed by atoms with E-state index in [1.54, 1.807) is 0 Å². The number of carboxylic acids is 1. The van der Waals surface area contributed by atoms with Crippen molar-refractivity contribution in [2.24, 2.45) is 0 Å². The van der Waals surface area contributed by atoms with Crippen LogP contribution in [-0.2, 0) is 33.3 Å². The second kappa shape index (κ2) is 37.0. The summed E-state index contributed by atoms with van der Waals surface area (Å²) < 4.78 is 22.7. The van der Waals surface area contributed by atoms with Crippen LogP contribution in [0.1, 0.15) is 194 Å². The van der Waals surface area contributed by atoms with Gasteiger partial charge < -0.3 is 28.5 Å². The fourth-order valence-corrected chi connectivity index (χ4v) is 6.07. The molecule has 9 heteroatoms. The van der Waals surface area contributed by atoms with Gasteiger partial charge in [0.15, 0.2) is 6.10 Å². The van der Waals surface area contributed by atoms with E-state index >= 15 is 0 Å². The summed E-state index contributed by atoms with van der Waals surface area (Å²) in [7, 11) is 5.95. The first-order chi connectivity index (χ1) is 25.6. The molecule has 53 heavy (non-hydrogen) atoms. The lowest BCUT2D eigenvalue weighted by Gasteiger charge is -2.25. The van der Waals surface area contributed by atoms with Gasteiger partial charge in [0.1, 0.15) is 13.2 Å². The molecule has 0 aromatic carbocycles.